The van der Waals surface area contributed by atoms with Crippen LogP contribution < -0.4 is 15.0 Å². The molecule has 2 aromatic carbocycles. The van der Waals surface area contributed by atoms with Gasteiger partial charge in [0.1, 0.15) is 5.75 Å². The zero-order valence-electron chi connectivity index (χ0n) is 15.1. The fourth-order valence-corrected chi connectivity index (χ4v) is 3.49. The molecule has 0 radical (unpaired) electrons. The minimum atomic E-state index is -0.160. The van der Waals surface area contributed by atoms with Crippen LogP contribution in [-0.4, -0.2) is 25.6 Å². The zero-order chi connectivity index (χ0) is 18.4. The maximum atomic E-state index is 12.8. The molecular weight excluding hydrogens is 348 g/mol. The van der Waals surface area contributed by atoms with Gasteiger partial charge in [-0.25, -0.2) is 0 Å². The Morgan fingerprint density at radius 3 is 2.69 bits per heavy atom. The van der Waals surface area contributed by atoms with Crippen LogP contribution in [0, 0.1) is 0 Å². The van der Waals surface area contributed by atoms with Crippen LogP contribution in [-0.2, 0) is 0 Å². The van der Waals surface area contributed by atoms with E-state index in [2.05, 4.69) is 17.1 Å². The quantitative estimate of drug-likeness (QED) is 0.740. The third kappa shape index (κ3) is 4.50. The fourth-order valence-electron chi connectivity index (χ4n) is 3.20. The summed E-state index contributed by atoms with van der Waals surface area (Å²) in [6, 6.07) is 12.9. The van der Waals surface area contributed by atoms with Crippen LogP contribution >= 0.6 is 11.6 Å². The van der Waals surface area contributed by atoms with E-state index in [4.69, 9.17) is 16.3 Å². The van der Waals surface area contributed by atoms with Gasteiger partial charge in [0.25, 0.3) is 5.91 Å². The predicted molar refractivity (Wildman–Crippen MR) is 108 cm³/mol. The van der Waals surface area contributed by atoms with E-state index in [-0.39, 0.29) is 5.91 Å². The lowest BCUT2D eigenvalue weighted by Gasteiger charge is -2.31. The Bertz CT molecular complexity index is 757. The molecule has 0 aliphatic carbocycles. The molecule has 0 unspecified atom stereocenters. The number of para-hydroxylation sites is 1. The Balaban J connectivity index is 1.80. The Morgan fingerprint density at radius 1 is 1.15 bits per heavy atom. The number of anilines is 2. The molecule has 5 heteroatoms. The van der Waals surface area contributed by atoms with Gasteiger partial charge in [0.05, 0.1) is 23.0 Å². The van der Waals surface area contributed by atoms with Crippen molar-refractivity contribution >= 4 is 28.9 Å². The molecular formula is C21H25ClN2O2. The van der Waals surface area contributed by atoms with Gasteiger partial charge >= 0.3 is 0 Å². The van der Waals surface area contributed by atoms with Crippen LogP contribution in [0.15, 0.2) is 42.5 Å². The van der Waals surface area contributed by atoms with Crippen molar-refractivity contribution in [3.63, 3.8) is 0 Å². The van der Waals surface area contributed by atoms with E-state index in [0.29, 0.717) is 22.9 Å². The summed E-state index contributed by atoms with van der Waals surface area (Å²) < 4.78 is 5.62. The fraction of sp³-hybridized carbons (Fsp3) is 0.381. The maximum Gasteiger partial charge on any atom is 0.255 e. The van der Waals surface area contributed by atoms with Crippen molar-refractivity contribution < 1.29 is 9.53 Å². The van der Waals surface area contributed by atoms with Gasteiger partial charge < -0.3 is 15.0 Å². The summed E-state index contributed by atoms with van der Waals surface area (Å²) in [6.45, 7) is 4.62. The molecule has 2 aromatic rings. The number of piperidine rings is 1. The summed E-state index contributed by atoms with van der Waals surface area (Å²) in [4.78, 5) is 15.0. The molecule has 0 bridgehead atoms. The van der Waals surface area contributed by atoms with Gasteiger partial charge in [-0.05, 0) is 56.0 Å². The minimum Gasteiger partial charge on any atom is -0.494 e. The molecule has 4 nitrogen and oxygen atoms in total. The van der Waals surface area contributed by atoms with Gasteiger partial charge in [-0.3, -0.25) is 4.79 Å². The van der Waals surface area contributed by atoms with Crippen LogP contribution in [0.3, 0.4) is 0 Å². The summed E-state index contributed by atoms with van der Waals surface area (Å²) in [6.07, 6.45) is 4.47. The van der Waals surface area contributed by atoms with E-state index >= 15 is 0 Å². The summed E-state index contributed by atoms with van der Waals surface area (Å²) in [5.74, 6) is 0.550. The molecule has 1 heterocycles. The molecule has 26 heavy (non-hydrogen) atoms. The Kier molecular flexibility index (Phi) is 6.40. The Morgan fingerprint density at radius 2 is 1.92 bits per heavy atom. The number of nitrogens with zero attached hydrogens (tertiary/aromatic N) is 1. The van der Waals surface area contributed by atoms with E-state index in [1.54, 1.807) is 12.1 Å². The number of rotatable bonds is 6. The number of hydrogen-bond acceptors (Lipinski definition) is 3. The Hall–Kier alpha value is -2.20. The lowest BCUT2D eigenvalue weighted by Crippen LogP contribution is -2.30. The van der Waals surface area contributed by atoms with Crippen LogP contribution in [0.5, 0.6) is 5.75 Å². The average Bonchev–Trinajstić information content (AvgIpc) is 2.67. The highest BCUT2D eigenvalue weighted by Gasteiger charge is 2.19. The molecule has 1 N–H and O–H groups in total. The third-order valence-corrected chi connectivity index (χ3v) is 4.78. The average molecular weight is 373 g/mol. The second kappa shape index (κ2) is 8.95. The molecule has 0 spiro atoms. The summed E-state index contributed by atoms with van der Waals surface area (Å²) in [5.41, 5.74) is 2.24. The van der Waals surface area contributed by atoms with Crippen LogP contribution in [0.25, 0.3) is 0 Å². The van der Waals surface area contributed by atoms with Crippen molar-refractivity contribution in [2.24, 2.45) is 0 Å². The number of carbonyl (C=O) groups excluding carboxylic acids is 1. The summed E-state index contributed by atoms with van der Waals surface area (Å²) >= 11 is 6.46. The number of nitrogens with one attached hydrogen (secondary N) is 1. The number of halogens is 1. The monoisotopic (exact) mass is 372 g/mol. The second-order valence-electron chi connectivity index (χ2n) is 6.51. The molecule has 1 amide bonds. The third-order valence-electron chi connectivity index (χ3n) is 4.48. The van der Waals surface area contributed by atoms with Crippen molar-refractivity contribution in [3.05, 3.63) is 53.1 Å². The Labute approximate surface area is 160 Å². The first-order valence-electron chi connectivity index (χ1n) is 9.26. The number of amides is 1. The van der Waals surface area contributed by atoms with Crippen molar-refractivity contribution in [3.8, 4) is 5.75 Å². The van der Waals surface area contributed by atoms with Crippen LogP contribution in [0.1, 0.15) is 43.0 Å². The van der Waals surface area contributed by atoms with Crippen molar-refractivity contribution in [2.75, 3.05) is 29.9 Å². The summed E-state index contributed by atoms with van der Waals surface area (Å²) in [7, 11) is 0. The van der Waals surface area contributed by atoms with Gasteiger partial charge in [0.15, 0.2) is 0 Å². The van der Waals surface area contributed by atoms with Crippen molar-refractivity contribution in [2.45, 2.75) is 32.6 Å². The van der Waals surface area contributed by atoms with E-state index in [1.807, 2.05) is 30.3 Å². The van der Waals surface area contributed by atoms with Gasteiger partial charge in [-0.2, -0.15) is 0 Å². The molecule has 0 saturated carbocycles. The smallest absolute Gasteiger partial charge is 0.255 e. The standard InChI is InChI=1S/C21H25ClN2O2/c1-2-14-26-17-9-6-8-16(15-17)21(25)23-19-11-7-10-18(22)20(19)24-12-4-3-5-13-24/h6-11,15H,2-5,12-14H2,1H3,(H,23,25). The predicted octanol–water partition coefficient (Wildman–Crippen LogP) is 5.37. The van der Waals surface area contributed by atoms with Crippen LogP contribution in [0.4, 0.5) is 11.4 Å². The normalized spacial score (nSPS) is 14.2. The lowest BCUT2D eigenvalue weighted by atomic mass is 10.1. The highest BCUT2D eigenvalue weighted by molar-refractivity contribution is 6.34. The van der Waals surface area contributed by atoms with E-state index in [0.717, 1.165) is 43.7 Å². The van der Waals surface area contributed by atoms with E-state index < -0.39 is 0 Å². The first-order chi connectivity index (χ1) is 12.7. The highest BCUT2D eigenvalue weighted by Crippen LogP contribution is 2.35. The van der Waals surface area contributed by atoms with Crippen molar-refractivity contribution in [1.82, 2.24) is 0 Å². The zero-order valence-corrected chi connectivity index (χ0v) is 15.9. The molecule has 0 aromatic heterocycles. The van der Waals surface area contributed by atoms with Gasteiger partial charge in [-0.15, -0.1) is 0 Å². The SMILES string of the molecule is CCCOc1cccc(C(=O)Nc2cccc(Cl)c2N2CCCCC2)c1. The first kappa shape index (κ1) is 18.6. The number of carbonyl (C=O) groups is 1. The largest absolute Gasteiger partial charge is 0.494 e. The maximum absolute atomic E-state index is 12.8. The van der Waals surface area contributed by atoms with Crippen LogP contribution in [0.2, 0.25) is 5.02 Å². The number of ether oxygens (including phenoxy) is 1. The first-order valence-corrected chi connectivity index (χ1v) is 9.64. The number of benzene rings is 2. The van der Waals surface area contributed by atoms with E-state index in [1.165, 1.54) is 6.42 Å². The van der Waals surface area contributed by atoms with Crippen molar-refractivity contribution in [1.29, 1.82) is 0 Å². The highest BCUT2D eigenvalue weighted by atomic mass is 35.5. The van der Waals surface area contributed by atoms with Gasteiger partial charge in [-0.1, -0.05) is 30.7 Å². The molecule has 1 fully saturated rings. The molecule has 1 aliphatic heterocycles. The molecule has 1 aliphatic rings. The molecule has 138 valence electrons. The van der Waals surface area contributed by atoms with E-state index in [9.17, 15) is 4.79 Å². The second-order valence-corrected chi connectivity index (χ2v) is 6.92. The molecule has 3 rings (SSSR count). The molecule has 1 saturated heterocycles. The lowest BCUT2D eigenvalue weighted by molar-refractivity contribution is 0.102. The van der Waals surface area contributed by atoms with Gasteiger partial charge in [0, 0.05) is 18.7 Å². The topological polar surface area (TPSA) is 41.6 Å². The number of hydrogen-bond donors (Lipinski definition) is 1. The molecule has 0 atom stereocenters. The summed E-state index contributed by atoms with van der Waals surface area (Å²) in [5, 5.41) is 3.70. The minimum absolute atomic E-state index is 0.160. The van der Waals surface area contributed by atoms with Gasteiger partial charge in [0.2, 0.25) is 0 Å².